The molecule has 5 saturated heterocycles. The molecule has 27 nitrogen and oxygen atoms in total. The van der Waals surface area contributed by atoms with Crippen molar-refractivity contribution >= 4 is 5.91 Å². The third-order valence-electron chi connectivity index (χ3n) is 10.9. The number of carbonyl (C=O) groups is 1. The molecule has 0 aromatic rings. The highest BCUT2D eigenvalue weighted by molar-refractivity contribution is 5.73. The zero-order valence-electron chi connectivity index (χ0n) is 32.2. The molecule has 0 aromatic heterocycles. The molecule has 25 atom stereocenters. The molecule has 27 heteroatoms. The van der Waals surface area contributed by atoms with Gasteiger partial charge in [-0.1, -0.05) is 0 Å². The number of methoxy groups -OCH3 is 1. The van der Waals surface area contributed by atoms with E-state index in [0.29, 0.717) is 0 Å². The molecule has 5 heterocycles. The van der Waals surface area contributed by atoms with Crippen LogP contribution in [0.15, 0.2) is 0 Å². The number of aliphatic hydroxyl groups excluding tert-OH is 15. The first-order valence-corrected chi connectivity index (χ1v) is 19.0. The van der Waals surface area contributed by atoms with Gasteiger partial charge in [0.1, 0.15) is 122 Å². The summed E-state index contributed by atoms with van der Waals surface area (Å²) in [5, 5.41) is 161. The minimum Gasteiger partial charge on any atom is -0.394 e. The molecule has 350 valence electrons. The Kier molecular flexibility index (Phi) is 17.7. The number of carbonyl (C=O) groups excluding carboxylic acids is 1. The van der Waals surface area contributed by atoms with Crippen LogP contribution in [0, 0.1) is 0 Å². The Labute approximate surface area is 340 Å². The fraction of sp³-hybridized carbons (Fsp3) is 0.970. The van der Waals surface area contributed by atoms with Crippen LogP contribution in [0.2, 0.25) is 0 Å². The Bertz CT molecular complexity index is 1340. The van der Waals surface area contributed by atoms with Crippen LogP contribution in [-0.4, -0.2) is 276 Å². The van der Waals surface area contributed by atoms with Gasteiger partial charge in [0.05, 0.1) is 33.0 Å². The highest BCUT2D eigenvalue weighted by atomic mass is 16.8. The molecular formula is C33H57NO26. The zero-order chi connectivity index (χ0) is 44.3. The summed E-state index contributed by atoms with van der Waals surface area (Å²) < 4.78 is 55.6. The van der Waals surface area contributed by atoms with Gasteiger partial charge in [0.2, 0.25) is 5.91 Å². The lowest BCUT2D eigenvalue weighted by Crippen LogP contribution is -2.70. The van der Waals surface area contributed by atoms with Gasteiger partial charge in [0.25, 0.3) is 0 Å². The molecule has 0 radical (unpaired) electrons. The third kappa shape index (κ3) is 10.2. The van der Waals surface area contributed by atoms with Crippen molar-refractivity contribution in [3.8, 4) is 0 Å². The van der Waals surface area contributed by atoms with Crippen LogP contribution in [0.25, 0.3) is 0 Å². The molecule has 5 aliphatic rings. The van der Waals surface area contributed by atoms with Crippen LogP contribution >= 0.6 is 0 Å². The molecule has 0 bridgehead atoms. The molecule has 10 unspecified atom stereocenters. The number of hydrogen-bond acceptors (Lipinski definition) is 26. The maximum Gasteiger partial charge on any atom is 0.217 e. The number of hydrogen-bond donors (Lipinski definition) is 16. The van der Waals surface area contributed by atoms with Crippen LogP contribution < -0.4 is 5.32 Å². The summed E-state index contributed by atoms with van der Waals surface area (Å²) in [6.45, 7) is -3.44. The van der Waals surface area contributed by atoms with Crippen molar-refractivity contribution in [1.82, 2.24) is 5.32 Å². The Morgan fingerprint density at radius 3 is 1.20 bits per heavy atom. The van der Waals surface area contributed by atoms with Crippen LogP contribution in [0.1, 0.15) is 6.92 Å². The maximum atomic E-state index is 12.4. The number of aliphatic hydroxyl groups is 15. The van der Waals surface area contributed by atoms with Crippen molar-refractivity contribution in [3.63, 3.8) is 0 Å². The number of ether oxygens (including phenoxy) is 10. The fourth-order valence-corrected chi connectivity index (χ4v) is 7.61. The van der Waals surface area contributed by atoms with Gasteiger partial charge in [-0.25, -0.2) is 0 Å². The average molecular weight is 884 g/mol. The summed E-state index contributed by atoms with van der Waals surface area (Å²) in [6.07, 6.45) is -42.9. The van der Waals surface area contributed by atoms with Gasteiger partial charge in [0.15, 0.2) is 31.5 Å². The lowest BCUT2D eigenvalue weighted by atomic mass is 9.94. The van der Waals surface area contributed by atoms with Gasteiger partial charge in [0, 0.05) is 14.0 Å². The average Bonchev–Trinajstić information content (AvgIpc) is 3.23. The van der Waals surface area contributed by atoms with E-state index in [1.807, 2.05) is 0 Å². The predicted molar refractivity (Wildman–Crippen MR) is 183 cm³/mol. The molecule has 5 aliphatic heterocycles. The molecule has 0 aromatic carbocycles. The highest BCUT2D eigenvalue weighted by Crippen LogP contribution is 2.36. The quantitative estimate of drug-likeness (QED) is 0.0726. The van der Waals surface area contributed by atoms with Crippen molar-refractivity contribution in [2.75, 3.05) is 40.1 Å². The first-order valence-electron chi connectivity index (χ1n) is 19.0. The van der Waals surface area contributed by atoms with E-state index < -0.39 is 192 Å². The monoisotopic (exact) mass is 883 g/mol. The highest BCUT2D eigenvalue weighted by Gasteiger charge is 2.57. The standard InChI is InChI=1S/C33H57NO26/c1-8(40)34-14-18(44)25(57-32-24(50)28(17(43)11(5-37)53-32)60-31-21(47)19(45)15(41)9(3-35)52-31)12(6-38)55-29(14)59-27-16(42)10(4-36)54-33(23(27)49)58-26-13(7-39)56-30(51-2)22(48)20(26)46/h9-33,35-39,41-50H,3-7H2,1-2H3,(H,34,40)/t9-,10?,11-,12?,13-,14-,15-,16+,17-,18?,19?,20?,21?,22?,23-,24?,25+,26-,27?,28?,29+,30+,31-,32-,33+/m1/s1. The Morgan fingerprint density at radius 1 is 0.417 bits per heavy atom. The Morgan fingerprint density at radius 2 is 0.767 bits per heavy atom. The van der Waals surface area contributed by atoms with E-state index in [-0.39, 0.29) is 0 Å². The fourth-order valence-electron chi connectivity index (χ4n) is 7.61. The molecular weight excluding hydrogens is 826 g/mol. The van der Waals surface area contributed by atoms with Crippen LogP contribution in [0.3, 0.4) is 0 Å². The summed E-state index contributed by atoms with van der Waals surface area (Å²) in [4.78, 5) is 12.4. The van der Waals surface area contributed by atoms with Crippen LogP contribution in [0.5, 0.6) is 0 Å². The summed E-state index contributed by atoms with van der Waals surface area (Å²) in [5.41, 5.74) is 0. The summed E-state index contributed by atoms with van der Waals surface area (Å²) in [6, 6.07) is -1.71. The first kappa shape index (κ1) is 49.5. The molecule has 5 rings (SSSR count). The van der Waals surface area contributed by atoms with Crippen molar-refractivity contribution in [2.45, 2.75) is 160 Å². The predicted octanol–water partition coefficient (Wildman–Crippen LogP) is -11.1. The minimum absolute atomic E-state index is 0.781. The number of nitrogens with one attached hydrogen (secondary N) is 1. The van der Waals surface area contributed by atoms with Crippen LogP contribution in [-0.2, 0) is 52.2 Å². The van der Waals surface area contributed by atoms with E-state index >= 15 is 0 Å². The molecule has 16 N–H and O–H groups in total. The number of rotatable bonds is 15. The topological polar surface area (TPSA) is 425 Å². The van der Waals surface area contributed by atoms with Crippen molar-refractivity contribution in [2.24, 2.45) is 0 Å². The molecule has 5 fully saturated rings. The van der Waals surface area contributed by atoms with Gasteiger partial charge in [-0.15, -0.1) is 0 Å². The molecule has 0 saturated carbocycles. The van der Waals surface area contributed by atoms with Gasteiger partial charge >= 0.3 is 0 Å². The Balaban J connectivity index is 1.35. The smallest absolute Gasteiger partial charge is 0.217 e. The summed E-state index contributed by atoms with van der Waals surface area (Å²) in [5.74, 6) is -0.806. The molecule has 1 amide bonds. The van der Waals surface area contributed by atoms with E-state index in [4.69, 9.17) is 47.4 Å². The van der Waals surface area contributed by atoms with E-state index in [0.717, 1.165) is 6.92 Å². The summed E-state index contributed by atoms with van der Waals surface area (Å²) in [7, 11) is 1.17. The largest absolute Gasteiger partial charge is 0.394 e. The Hall–Kier alpha value is -1.53. The van der Waals surface area contributed by atoms with Crippen molar-refractivity contribution in [3.05, 3.63) is 0 Å². The second-order valence-corrected chi connectivity index (χ2v) is 14.9. The van der Waals surface area contributed by atoms with E-state index in [9.17, 15) is 81.4 Å². The van der Waals surface area contributed by atoms with Crippen molar-refractivity contribution in [1.29, 1.82) is 0 Å². The van der Waals surface area contributed by atoms with E-state index in [2.05, 4.69) is 5.32 Å². The third-order valence-corrected chi connectivity index (χ3v) is 10.9. The zero-order valence-corrected chi connectivity index (χ0v) is 32.2. The van der Waals surface area contributed by atoms with Gasteiger partial charge in [-0.3, -0.25) is 4.79 Å². The van der Waals surface area contributed by atoms with Gasteiger partial charge in [-0.05, 0) is 0 Å². The molecule has 0 spiro atoms. The van der Waals surface area contributed by atoms with E-state index in [1.54, 1.807) is 0 Å². The minimum atomic E-state index is -2.09. The maximum absolute atomic E-state index is 12.4. The molecule has 0 aliphatic carbocycles. The lowest BCUT2D eigenvalue weighted by Gasteiger charge is -2.50. The molecule has 60 heavy (non-hydrogen) atoms. The second kappa shape index (κ2) is 21.4. The lowest BCUT2D eigenvalue weighted by molar-refractivity contribution is -0.387. The van der Waals surface area contributed by atoms with Crippen LogP contribution in [0.4, 0.5) is 0 Å². The normalized spacial score (nSPS) is 50.3. The summed E-state index contributed by atoms with van der Waals surface area (Å²) >= 11 is 0. The van der Waals surface area contributed by atoms with Gasteiger partial charge in [-0.2, -0.15) is 0 Å². The van der Waals surface area contributed by atoms with Crippen molar-refractivity contribution < 1.29 is 129 Å². The van der Waals surface area contributed by atoms with Gasteiger partial charge < -0.3 is 129 Å². The van der Waals surface area contributed by atoms with E-state index in [1.165, 1.54) is 7.11 Å². The second-order valence-electron chi connectivity index (χ2n) is 14.9. The SMILES string of the molecule is CO[C@H]1O[C@H](CO)[C@@H](O[C@@H]2OC(CO)[C@H](O)C(O[C@@H]3OC(CO)[C@H](O[C@H]4O[C@H](CO)[C@@H](O)C(O[C@H]5O[C@H](CO)[C@@H](O)C(O)C5O)C4O)C(O)[C@H]3NC(C)=O)[C@H]2O)C(O)C1O. The first-order chi connectivity index (χ1) is 28.5. The number of amides is 1.